The van der Waals surface area contributed by atoms with Crippen molar-refractivity contribution >= 4 is 11.6 Å². The molecule has 1 atom stereocenters. The van der Waals surface area contributed by atoms with E-state index in [0.29, 0.717) is 12.8 Å². The summed E-state index contributed by atoms with van der Waals surface area (Å²) >= 11 is 5.94. The second kappa shape index (κ2) is 6.74. The highest BCUT2D eigenvalue weighted by Gasteiger charge is 2.21. The molecular formula is C14H14ClF2N3. The highest BCUT2D eigenvalue weighted by Crippen LogP contribution is 2.29. The molecule has 0 aliphatic heterocycles. The predicted molar refractivity (Wildman–Crippen MR) is 74.0 cm³/mol. The number of hydrogen-bond donors (Lipinski definition) is 2. The first-order valence-corrected chi connectivity index (χ1v) is 6.50. The van der Waals surface area contributed by atoms with Gasteiger partial charge in [0.1, 0.15) is 0 Å². The van der Waals surface area contributed by atoms with E-state index in [1.54, 1.807) is 6.20 Å². The first-order valence-electron chi connectivity index (χ1n) is 6.13. The number of hydrogen-bond acceptors (Lipinski definition) is 3. The van der Waals surface area contributed by atoms with Crippen LogP contribution in [0.3, 0.4) is 0 Å². The van der Waals surface area contributed by atoms with Crippen LogP contribution in [0, 0.1) is 11.6 Å². The zero-order valence-electron chi connectivity index (χ0n) is 10.6. The van der Waals surface area contributed by atoms with Crippen LogP contribution < -0.4 is 11.3 Å². The van der Waals surface area contributed by atoms with E-state index in [1.165, 1.54) is 6.07 Å². The van der Waals surface area contributed by atoms with Crippen molar-refractivity contribution < 1.29 is 8.78 Å². The molecule has 20 heavy (non-hydrogen) atoms. The van der Waals surface area contributed by atoms with Crippen LogP contribution in [0.1, 0.15) is 23.7 Å². The van der Waals surface area contributed by atoms with Gasteiger partial charge >= 0.3 is 0 Å². The molecule has 2 aromatic rings. The third kappa shape index (κ3) is 3.30. The highest BCUT2D eigenvalue weighted by molar-refractivity contribution is 6.31. The van der Waals surface area contributed by atoms with Gasteiger partial charge in [-0.3, -0.25) is 16.3 Å². The van der Waals surface area contributed by atoms with Crippen molar-refractivity contribution in [1.82, 2.24) is 10.4 Å². The summed E-state index contributed by atoms with van der Waals surface area (Å²) in [5.41, 5.74) is 3.37. The maximum atomic E-state index is 13.9. The van der Waals surface area contributed by atoms with Gasteiger partial charge in [-0.2, -0.15) is 0 Å². The maximum absolute atomic E-state index is 13.9. The standard InChI is InChI=1S/C14H14ClF2N3/c15-10-5-6-11(16)14(17)13(10)12(20-18)7-4-9-3-1-2-8-19-9/h1-3,5-6,8,12,20H,4,7,18H2. The molecule has 1 aromatic heterocycles. The highest BCUT2D eigenvalue weighted by atomic mass is 35.5. The molecule has 0 saturated heterocycles. The van der Waals surface area contributed by atoms with Gasteiger partial charge in [0, 0.05) is 22.5 Å². The summed E-state index contributed by atoms with van der Waals surface area (Å²) in [6, 6.07) is 7.26. The Kier molecular flexibility index (Phi) is 5.00. The van der Waals surface area contributed by atoms with Crippen LogP contribution in [0.4, 0.5) is 8.78 Å². The minimum Gasteiger partial charge on any atom is -0.271 e. The minimum absolute atomic E-state index is 0.0464. The van der Waals surface area contributed by atoms with E-state index in [0.717, 1.165) is 11.8 Å². The van der Waals surface area contributed by atoms with E-state index in [1.807, 2.05) is 18.2 Å². The Morgan fingerprint density at radius 1 is 1.25 bits per heavy atom. The number of nitrogens with zero attached hydrogens (tertiary/aromatic N) is 1. The lowest BCUT2D eigenvalue weighted by Crippen LogP contribution is -2.29. The Bertz CT molecular complexity index is 578. The molecule has 6 heteroatoms. The Hall–Kier alpha value is -1.56. The fourth-order valence-corrected chi connectivity index (χ4v) is 2.29. The second-order valence-electron chi connectivity index (χ2n) is 4.34. The average molecular weight is 298 g/mol. The fraction of sp³-hybridized carbons (Fsp3) is 0.214. The van der Waals surface area contributed by atoms with Crippen LogP contribution in [0.2, 0.25) is 5.02 Å². The van der Waals surface area contributed by atoms with Gasteiger partial charge in [-0.25, -0.2) is 8.78 Å². The summed E-state index contributed by atoms with van der Waals surface area (Å²) in [4.78, 5) is 4.17. The van der Waals surface area contributed by atoms with E-state index in [4.69, 9.17) is 17.4 Å². The summed E-state index contributed by atoms with van der Waals surface area (Å²) in [5.74, 6) is 3.53. The number of nitrogens with two attached hydrogens (primary N) is 1. The van der Waals surface area contributed by atoms with Gasteiger partial charge in [0.05, 0.1) is 6.04 Å². The molecule has 0 aliphatic carbocycles. The van der Waals surface area contributed by atoms with Crippen LogP contribution in [-0.2, 0) is 6.42 Å². The van der Waals surface area contributed by atoms with Crippen molar-refractivity contribution in [2.24, 2.45) is 5.84 Å². The van der Waals surface area contributed by atoms with Crippen LogP contribution in [0.15, 0.2) is 36.5 Å². The van der Waals surface area contributed by atoms with E-state index in [2.05, 4.69) is 10.4 Å². The predicted octanol–water partition coefficient (Wildman–Crippen LogP) is 3.15. The van der Waals surface area contributed by atoms with Crippen molar-refractivity contribution in [3.63, 3.8) is 0 Å². The smallest absolute Gasteiger partial charge is 0.165 e. The summed E-state index contributed by atoms with van der Waals surface area (Å²) in [7, 11) is 0. The van der Waals surface area contributed by atoms with Crippen molar-refractivity contribution in [2.75, 3.05) is 0 Å². The van der Waals surface area contributed by atoms with Gasteiger partial charge in [0.25, 0.3) is 0 Å². The zero-order chi connectivity index (χ0) is 14.5. The zero-order valence-corrected chi connectivity index (χ0v) is 11.4. The van der Waals surface area contributed by atoms with Gasteiger partial charge in [-0.1, -0.05) is 17.7 Å². The van der Waals surface area contributed by atoms with Crippen molar-refractivity contribution in [1.29, 1.82) is 0 Å². The summed E-state index contributed by atoms with van der Waals surface area (Å²) in [5, 5.41) is 0.146. The van der Waals surface area contributed by atoms with E-state index in [9.17, 15) is 8.78 Å². The molecule has 0 amide bonds. The van der Waals surface area contributed by atoms with Crippen LogP contribution in [0.5, 0.6) is 0 Å². The fourth-order valence-electron chi connectivity index (χ4n) is 2.01. The lowest BCUT2D eigenvalue weighted by Gasteiger charge is -2.18. The number of nitrogens with one attached hydrogen (secondary N) is 1. The quantitative estimate of drug-likeness (QED) is 0.506. The molecule has 1 unspecified atom stereocenters. The third-order valence-corrected chi connectivity index (χ3v) is 3.37. The molecule has 1 aromatic carbocycles. The van der Waals surface area contributed by atoms with Crippen LogP contribution >= 0.6 is 11.6 Å². The SMILES string of the molecule is NNC(CCc1ccccn1)c1c(Cl)ccc(F)c1F. The number of aromatic nitrogens is 1. The number of halogens is 3. The maximum Gasteiger partial charge on any atom is 0.165 e. The van der Waals surface area contributed by atoms with Crippen molar-refractivity contribution in [3.8, 4) is 0 Å². The summed E-state index contributed by atoms with van der Waals surface area (Å²) in [6.07, 6.45) is 2.70. The van der Waals surface area contributed by atoms with Gasteiger partial charge < -0.3 is 0 Å². The molecule has 2 rings (SSSR count). The molecule has 0 fully saturated rings. The number of benzene rings is 1. The Morgan fingerprint density at radius 3 is 2.70 bits per heavy atom. The molecule has 3 nitrogen and oxygen atoms in total. The van der Waals surface area contributed by atoms with Crippen molar-refractivity contribution in [2.45, 2.75) is 18.9 Å². The monoisotopic (exact) mass is 297 g/mol. The molecule has 0 aliphatic rings. The normalized spacial score (nSPS) is 12.4. The summed E-state index contributed by atoms with van der Waals surface area (Å²) < 4.78 is 27.2. The molecule has 0 saturated carbocycles. The van der Waals surface area contributed by atoms with Crippen molar-refractivity contribution in [3.05, 3.63) is 64.4 Å². The first-order chi connectivity index (χ1) is 9.63. The third-order valence-electron chi connectivity index (χ3n) is 3.04. The topological polar surface area (TPSA) is 50.9 Å². The van der Waals surface area contributed by atoms with Crippen LogP contribution in [0.25, 0.3) is 0 Å². The number of hydrazine groups is 1. The molecule has 106 valence electrons. The molecule has 0 bridgehead atoms. The second-order valence-corrected chi connectivity index (χ2v) is 4.74. The molecule has 1 heterocycles. The Morgan fingerprint density at radius 2 is 2.05 bits per heavy atom. The molecule has 0 radical (unpaired) electrons. The average Bonchev–Trinajstić information content (AvgIpc) is 2.47. The molecule has 3 N–H and O–H groups in total. The Labute approximate surface area is 120 Å². The Balaban J connectivity index is 2.19. The number of rotatable bonds is 5. The van der Waals surface area contributed by atoms with Gasteiger partial charge in [0.2, 0.25) is 0 Å². The van der Waals surface area contributed by atoms with Gasteiger partial charge in [-0.05, 0) is 37.1 Å². The lowest BCUT2D eigenvalue weighted by molar-refractivity contribution is 0.451. The molecule has 0 spiro atoms. The lowest BCUT2D eigenvalue weighted by atomic mass is 10.0. The molecular weight excluding hydrogens is 284 g/mol. The van der Waals surface area contributed by atoms with E-state index in [-0.39, 0.29) is 10.6 Å². The minimum atomic E-state index is -0.971. The first kappa shape index (κ1) is 14.8. The van der Waals surface area contributed by atoms with E-state index >= 15 is 0 Å². The number of pyridine rings is 1. The van der Waals surface area contributed by atoms with Gasteiger partial charge in [0.15, 0.2) is 11.6 Å². The number of aryl methyl sites for hydroxylation is 1. The van der Waals surface area contributed by atoms with Crippen LogP contribution in [-0.4, -0.2) is 4.98 Å². The largest absolute Gasteiger partial charge is 0.271 e. The van der Waals surface area contributed by atoms with E-state index < -0.39 is 17.7 Å². The van der Waals surface area contributed by atoms with Gasteiger partial charge in [-0.15, -0.1) is 0 Å². The summed E-state index contributed by atoms with van der Waals surface area (Å²) in [6.45, 7) is 0.